The molecule has 0 aliphatic heterocycles. The summed E-state index contributed by atoms with van der Waals surface area (Å²) in [5, 5.41) is 5.97. The summed E-state index contributed by atoms with van der Waals surface area (Å²) in [5.74, 6) is -1.30. The zero-order valence-electron chi connectivity index (χ0n) is 20.2. The number of nitrogens with two attached hydrogens (primary N) is 1. The van der Waals surface area contributed by atoms with Crippen LogP contribution in [0.2, 0.25) is 0 Å². The van der Waals surface area contributed by atoms with E-state index < -0.39 is 23.4 Å². The Morgan fingerprint density at radius 3 is 2.53 bits per heavy atom. The Labute approximate surface area is 208 Å². The van der Waals surface area contributed by atoms with E-state index in [1.807, 2.05) is 6.92 Å². The van der Waals surface area contributed by atoms with Gasteiger partial charge in [-0.3, -0.25) is 4.99 Å². The lowest BCUT2D eigenvalue weighted by Gasteiger charge is -2.20. The molecule has 2 aromatic rings. The Balaban J connectivity index is 2.02. The van der Waals surface area contributed by atoms with Crippen LogP contribution in [0, 0.1) is 11.6 Å². The largest absolute Gasteiger partial charge is 0.416 e. The van der Waals surface area contributed by atoms with Crippen LogP contribution in [0.25, 0.3) is 5.70 Å². The van der Waals surface area contributed by atoms with Crippen LogP contribution in [0.4, 0.5) is 27.6 Å². The third kappa shape index (κ3) is 6.86. The van der Waals surface area contributed by atoms with Crippen molar-refractivity contribution in [1.29, 1.82) is 0 Å². The lowest BCUT2D eigenvalue weighted by Crippen LogP contribution is -2.27. The van der Waals surface area contributed by atoms with Gasteiger partial charge in [-0.15, -0.1) is 0 Å². The van der Waals surface area contributed by atoms with E-state index in [1.54, 1.807) is 0 Å². The van der Waals surface area contributed by atoms with Gasteiger partial charge in [0.15, 0.2) is 0 Å². The summed E-state index contributed by atoms with van der Waals surface area (Å²) in [6, 6.07) is 7.16. The van der Waals surface area contributed by atoms with Crippen molar-refractivity contribution >= 4 is 17.2 Å². The van der Waals surface area contributed by atoms with Crippen LogP contribution >= 0.6 is 0 Å². The molecule has 0 spiro atoms. The Kier molecular flexibility index (Phi) is 9.12. The molecule has 0 saturated heterocycles. The van der Waals surface area contributed by atoms with Crippen LogP contribution in [0.15, 0.2) is 59.2 Å². The van der Waals surface area contributed by atoms with Crippen LogP contribution < -0.4 is 16.4 Å². The molecular weight excluding hydrogens is 475 g/mol. The summed E-state index contributed by atoms with van der Waals surface area (Å²) < 4.78 is 69.2. The third-order valence-electron chi connectivity index (χ3n) is 5.98. The second kappa shape index (κ2) is 12.1. The minimum atomic E-state index is -4.52. The number of anilines is 1. The van der Waals surface area contributed by atoms with E-state index in [2.05, 4.69) is 22.2 Å². The van der Waals surface area contributed by atoms with E-state index >= 15 is 0 Å². The van der Waals surface area contributed by atoms with Crippen molar-refractivity contribution in [2.24, 2.45) is 10.7 Å². The minimum Gasteiger partial charge on any atom is -0.402 e. The smallest absolute Gasteiger partial charge is 0.402 e. The number of rotatable bonds is 8. The first-order chi connectivity index (χ1) is 17.1. The summed E-state index contributed by atoms with van der Waals surface area (Å²) in [5.41, 5.74) is 7.22. The monoisotopic (exact) mass is 506 g/mol. The predicted octanol–water partition coefficient (Wildman–Crippen LogP) is 7.14. The lowest BCUT2D eigenvalue weighted by atomic mass is 10.0. The average Bonchev–Trinajstić information content (AvgIpc) is 3.04. The van der Waals surface area contributed by atoms with Gasteiger partial charge >= 0.3 is 6.18 Å². The highest BCUT2D eigenvalue weighted by Crippen LogP contribution is 2.33. The highest BCUT2D eigenvalue weighted by molar-refractivity contribution is 6.04. The van der Waals surface area contributed by atoms with E-state index in [0.717, 1.165) is 37.5 Å². The summed E-state index contributed by atoms with van der Waals surface area (Å²) in [6.45, 7) is 6.06. The second-order valence-corrected chi connectivity index (χ2v) is 8.72. The first-order valence-corrected chi connectivity index (χ1v) is 12.0. The van der Waals surface area contributed by atoms with Crippen molar-refractivity contribution in [3.8, 4) is 0 Å². The molecule has 9 heteroatoms. The zero-order valence-corrected chi connectivity index (χ0v) is 20.2. The molecule has 0 amide bonds. The summed E-state index contributed by atoms with van der Waals surface area (Å²) in [6.07, 6.45) is 0.0636. The number of nitrogens with one attached hydrogen (secondary N) is 2. The SMILES string of the molecule is C=C(NC(=NCc1ccccc1C(F)(F)F)C1=C(N)CCCCC1)c1cc(F)cc(F)c1NCCC. The van der Waals surface area contributed by atoms with Gasteiger partial charge in [0.1, 0.15) is 17.5 Å². The Morgan fingerprint density at radius 1 is 1.08 bits per heavy atom. The number of allylic oxidation sites excluding steroid dienone is 1. The van der Waals surface area contributed by atoms with Gasteiger partial charge in [0.25, 0.3) is 0 Å². The van der Waals surface area contributed by atoms with Crippen LogP contribution in [-0.4, -0.2) is 12.4 Å². The zero-order chi connectivity index (χ0) is 26.3. The van der Waals surface area contributed by atoms with Crippen molar-refractivity contribution in [1.82, 2.24) is 5.32 Å². The van der Waals surface area contributed by atoms with Gasteiger partial charge in [-0.25, -0.2) is 8.78 Å². The molecule has 1 aliphatic carbocycles. The van der Waals surface area contributed by atoms with Gasteiger partial charge in [-0.1, -0.05) is 38.1 Å². The molecule has 2 aromatic carbocycles. The summed E-state index contributed by atoms with van der Waals surface area (Å²) in [7, 11) is 0. The molecule has 36 heavy (non-hydrogen) atoms. The van der Waals surface area contributed by atoms with Crippen LogP contribution in [0.5, 0.6) is 0 Å². The van der Waals surface area contributed by atoms with Crippen LogP contribution in [0.1, 0.15) is 62.1 Å². The highest BCUT2D eigenvalue weighted by Gasteiger charge is 2.32. The molecule has 3 rings (SSSR count). The summed E-state index contributed by atoms with van der Waals surface area (Å²) in [4.78, 5) is 4.48. The molecule has 0 aromatic heterocycles. The Hall–Kier alpha value is -3.36. The molecule has 4 nitrogen and oxygen atoms in total. The molecule has 0 bridgehead atoms. The Bertz CT molecular complexity index is 1150. The van der Waals surface area contributed by atoms with Gasteiger partial charge in [0.05, 0.1) is 17.8 Å². The first kappa shape index (κ1) is 27.2. The topological polar surface area (TPSA) is 62.4 Å². The number of hydrogen-bond acceptors (Lipinski definition) is 3. The van der Waals surface area contributed by atoms with Gasteiger partial charge < -0.3 is 16.4 Å². The molecule has 0 atom stereocenters. The molecule has 0 radical (unpaired) electrons. The van der Waals surface area contributed by atoms with Gasteiger partial charge in [-0.2, -0.15) is 13.2 Å². The van der Waals surface area contributed by atoms with Gasteiger partial charge in [0.2, 0.25) is 0 Å². The standard InChI is InChI=1S/C27H31F5N4/c1-3-13-34-25-21(14-19(28)15-23(25)29)17(2)36-26(20-10-5-4-6-12-24(20)33)35-16-18-9-7-8-11-22(18)27(30,31)32/h7-9,11,14-15,34H,2-6,10,12-13,16,33H2,1H3,(H,35,36). The molecule has 1 aliphatic rings. The van der Waals surface area contributed by atoms with Crippen molar-refractivity contribution in [3.63, 3.8) is 0 Å². The van der Waals surface area contributed by atoms with E-state index in [0.29, 0.717) is 37.1 Å². The van der Waals surface area contributed by atoms with E-state index in [-0.39, 0.29) is 34.9 Å². The Morgan fingerprint density at radius 2 is 1.81 bits per heavy atom. The summed E-state index contributed by atoms with van der Waals surface area (Å²) >= 11 is 0. The molecular formula is C27H31F5N4. The normalized spacial score (nSPS) is 15.0. The van der Waals surface area contributed by atoms with Gasteiger partial charge in [0, 0.05) is 35.1 Å². The predicted molar refractivity (Wildman–Crippen MR) is 134 cm³/mol. The number of benzene rings is 2. The molecule has 0 heterocycles. The van der Waals surface area contributed by atoms with Crippen molar-refractivity contribution in [3.05, 3.63) is 82.6 Å². The fourth-order valence-electron chi connectivity index (χ4n) is 4.14. The van der Waals surface area contributed by atoms with E-state index in [4.69, 9.17) is 5.73 Å². The fourth-order valence-corrected chi connectivity index (χ4v) is 4.14. The lowest BCUT2D eigenvalue weighted by molar-refractivity contribution is -0.138. The number of halogens is 5. The highest BCUT2D eigenvalue weighted by atomic mass is 19.4. The number of amidine groups is 1. The van der Waals surface area contributed by atoms with Crippen molar-refractivity contribution < 1.29 is 22.0 Å². The minimum absolute atomic E-state index is 0.00445. The number of alkyl halides is 3. The maximum Gasteiger partial charge on any atom is 0.416 e. The van der Waals surface area contributed by atoms with E-state index in [1.165, 1.54) is 18.2 Å². The quantitative estimate of drug-likeness (QED) is 0.203. The second-order valence-electron chi connectivity index (χ2n) is 8.72. The number of aliphatic imine (C=N–C) groups is 1. The first-order valence-electron chi connectivity index (χ1n) is 12.0. The molecule has 0 fully saturated rings. The third-order valence-corrected chi connectivity index (χ3v) is 5.98. The maximum absolute atomic E-state index is 14.6. The molecule has 194 valence electrons. The number of nitrogens with zero attached hydrogens (tertiary/aromatic N) is 1. The number of hydrogen-bond donors (Lipinski definition) is 3. The average molecular weight is 507 g/mol. The molecule has 0 unspecified atom stereocenters. The van der Waals surface area contributed by atoms with E-state index in [9.17, 15) is 22.0 Å². The van der Waals surface area contributed by atoms with Crippen molar-refractivity contribution in [2.75, 3.05) is 11.9 Å². The van der Waals surface area contributed by atoms with Crippen molar-refractivity contribution in [2.45, 2.75) is 58.2 Å². The van der Waals surface area contributed by atoms with Crippen LogP contribution in [-0.2, 0) is 12.7 Å². The maximum atomic E-state index is 14.6. The fraction of sp³-hybridized carbons (Fsp3) is 0.370. The van der Waals surface area contributed by atoms with Crippen LogP contribution in [0.3, 0.4) is 0 Å². The molecule has 4 N–H and O–H groups in total. The molecule has 0 saturated carbocycles. The van der Waals surface area contributed by atoms with Gasteiger partial charge in [-0.05, 0) is 49.8 Å².